The van der Waals surface area contributed by atoms with Crippen molar-refractivity contribution in [2.75, 3.05) is 31.8 Å². The zero-order valence-electron chi connectivity index (χ0n) is 10.7. The van der Waals surface area contributed by atoms with E-state index in [-0.39, 0.29) is 19.8 Å². The molecule has 8 nitrogen and oxygen atoms in total. The Balaban J connectivity index is 3.80. The fourth-order valence-electron chi connectivity index (χ4n) is 1.11. The fourth-order valence-corrected chi connectivity index (χ4v) is 1.58. The first-order valence-electron chi connectivity index (χ1n) is 5.59. The SMILES string of the molecule is CSCC[C@@H](NC(=O)NCCOCC(N)=O)C(=O)O. The molecule has 0 radical (unpaired) electrons. The molecular weight excluding hydrogens is 274 g/mol. The highest BCUT2D eigenvalue weighted by molar-refractivity contribution is 7.98. The smallest absolute Gasteiger partial charge is 0.326 e. The third kappa shape index (κ3) is 10.2. The highest BCUT2D eigenvalue weighted by atomic mass is 32.2. The summed E-state index contributed by atoms with van der Waals surface area (Å²) < 4.78 is 4.83. The Morgan fingerprint density at radius 2 is 2.11 bits per heavy atom. The minimum Gasteiger partial charge on any atom is -0.480 e. The number of ether oxygens (including phenoxy) is 1. The second kappa shape index (κ2) is 10.4. The molecule has 0 aliphatic rings. The summed E-state index contributed by atoms with van der Waals surface area (Å²) in [6.07, 6.45) is 2.21. The van der Waals surface area contributed by atoms with Crippen LogP contribution >= 0.6 is 11.8 Å². The van der Waals surface area contributed by atoms with E-state index in [9.17, 15) is 14.4 Å². The summed E-state index contributed by atoms with van der Waals surface area (Å²) in [7, 11) is 0. The number of carbonyl (C=O) groups excluding carboxylic acids is 2. The van der Waals surface area contributed by atoms with E-state index in [0.717, 1.165) is 0 Å². The van der Waals surface area contributed by atoms with Crippen LogP contribution in [0.2, 0.25) is 0 Å². The summed E-state index contributed by atoms with van der Waals surface area (Å²) in [5.41, 5.74) is 4.85. The van der Waals surface area contributed by atoms with E-state index in [1.54, 1.807) is 0 Å². The molecule has 0 heterocycles. The van der Waals surface area contributed by atoms with Gasteiger partial charge in [0.05, 0.1) is 6.61 Å². The van der Waals surface area contributed by atoms with Gasteiger partial charge in [0, 0.05) is 6.54 Å². The molecular formula is C10H19N3O5S. The molecule has 19 heavy (non-hydrogen) atoms. The molecule has 0 aliphatic heterocycles. The number of primary amides is 1. The van der Waals surface area contributed by atoms with Gasteiger partial charge < -0.3 is 26.2 Å². The molecule has 0 saturated heterocycles. The van der Waals surface area contributed by atoms with E-state index < -0.39 is 23.9 Å². The Bertz CT molecular complexity index is 314. The molecule has 0 saturated carbocycles. The average molecular weight is 293 g/mol. The standard InChI is InChI=1S/C10H19N3O5S/c1-19-5-2-7(9(15)16)13-10(17)12-3-4-18-6-8(11)14/h7H,2-6H2,1H3,(H2,11,14)(H,15,16)(H2,12,13,17)/t7-/m1/s1. The molecule has 0 bridgehead atoms. The van der Waals surface area contributed by atoms with Crippen molar-refractivity contribution in [3.05, 3.63) is 0 Å². The maximum atomic E-state index is 11.4. The number of hydrogen-bond acceptors (Lipinski definition) is 5. The number of carboxylic acid groups (broad SMARTS) is 1. The lowest BCUT2D eigenvalue weighted by atomic mass is 10.2. The molecule has 110 valence electrons. The molecule has 0 aromatic carbocycles. The van der Waals surface area contributed by atoms with Crippen LogP contribution in [0.5, 0.6) is 0 Å². The normalized spacial score (nSPS) is 11.6. The van der Waals surface area contributed by atoms with Crippen molar-refractivity contribution in [1.82, 2.24) is 10.6 Å². The van der Waals surface area contributed by atoms with Crippen LogP contribution in [-0.4, -0.2) is 60.8 Å². The first-order valence-corrected chi connectivity index (χ1v) is 6.99. The number of nitrogens with one attached hydrogen (secondary N) is 2. The van der Waals surface area contributed by atoms with Gasteiger partial charge in [0.1, 0.15) is 12.6 Å². The summed E-state index contributed by atoms with van der Waals surface area (Å²) in [5.74, 6) is -1.03. The maximum absolute atomic E-state index is 11.4. The number of carboxylic acids is 1. The van der Waals surface area contributed by atoms with Gasteiger partial charge in [-0.05, 0) is 18.4 Å². The van der Waals surface area contributed by atoms with Gasteiger partial charge in [0.2, 0.25) is 5.91 Å². The Morgan fingerprint density at radius 1 is 1.42 bits per heavy atom. The molecule has 1 atom stereocenters. The van der Waals surface area contributed by atoms with E-state index in [1.165, 1.54) is 11.8 Å². The van der Waals surface area contributed by atoms with Crippen molar-refractivity contribution >= 4 is 29.7 Å². The summed E-state index contributed by atoms with van der Waals surface area (Å²) in [6, 6.07) is -1.50. The number of amides is 3. The Hall–Kier alpha value is -1.48. The van der Waals surface area contributed by atoms with E-state index in [4.69, 9.17) is 15.6 Å². The number of hydrogen-bond donors (Lipinski definition) is 4. The van der Waals surface area contributed by atoms with Gasteiger partial charge in [-0.2, -0.15) is 11.8 Å². The number of thioether (sulfide) groups is 1. The highest BCUT2D eigenvalue weighted by Gasteiger charge is 2.18. The lowest BCUT2D eigenvalue weighted by molar-refractivity contribution is -0.139. The second-order valence-corrected chi connectivity index (χ2v) is 4.58. The van der Waals surface area contributed by atoms with E-state index in [2.05, 4.69) is 10.6 Å². The zero-order valence-corrected chi connectivity index (χ0v) is 11.5. The van der Waals surface area contributed by atoms with Crippen LogP contribution < -0.4 is 16.4 Å². The number of rotatable bonds is 10. The van der Waals surface area contributed by atoms with Crippen LogP contribution in [0, 0.1) is 0 Å². The average Bonchev–Trinajstić information content (AvgIpc) is 2.33. The maximum Gasteiger partial charge on any atom is 0.326 e. The molecule has 3 amide bonds. The van der Waals surface area contributed by atoms with Crippen molar-refractivity contribution in [2.24, 2.45) is 5.73 Å². The lowest BCUT2D eigenvalue weighted by Crippen LogP contribution is -2.47. The first-order chi connectivity index (χ1) is 8.97. The van der Waals surface area contributed by atoms with E-state index >= 15 is 0 Å². The van der Waals surface area contributed by atoms with E-state index in [1.807, 2.05) is 6.26 Å². The Labute approximate surface area is 115 Å². The highest BCUT2D eigenvalue weighted by Crippen LogP contribution is 2.00. The van der Waals surface area contributed by atoms with Gasteiger partial charge >= 0.3 is 12.0 Å². The number of aliphatic carboxylic acids is 1. The number of nitrogens with two attached hydrogens (primary N) is 1. The van der Waals surface area contributed by atoms with Crippen molar-refractivity contribution in [3.63, 3.8) is 0 Å². The van der Waals surface area contributed by atoms with E-state index in [0.29, 0.717) is 12.2 Å². The van der Waals surface area contributed by atoms with Crippen LogP contribution in [0.15, 0.2) is 0 Å². The summed E-state index contributed by atoms with van der Waals surface area (Å²) >= 11 is 1.50. The van der Waals surface area contributed by atoms with Crippen LogP contribution in [0.25, 0.3) is 0 Å². The number of urea groups is 1. The molecule has 9 heteroatoms. The molecule has 0 unspecified atom stereocenters. The lowest BCUT2D eigenvalue weighted by Gasteiger charge is -2.14. The van der Waals surface area contributed by atoms with Gasteiger partial charge in [0.25, 0.3) is 0 Å². The van der Waals surface area contributed by atoms with Gasteiger partial charge in [-0.25, -0.2) is 9.59 Å². The van der Waals surface area contributed by atoms with Crippen LogP contribution in [-0.2, 0) is 14.3 Å². The van der Waals surface area contributed by atoms with Crippen molar-refractivity contribution in [1.29, 1.82) is 0 Å². The Morgan fingerprint density at radius 3 is 2.63 bits per heavy atom. The minimum absolute atomic E-state index is 0.124. The van der Waals surface area contributed by atoms with Crippen molar-refractivity contribution in [2.45, 2.75) is 12.5 Å². The zero-order chi connectivity index (χ0) is 14.7. The predicted octanol–water partition coefficient (Wildman–Crippen LogP) is -1.01. The van der Waals surface area contributed by atoms with Crippen LogP contribution in [0.3, 0.4) is 0 Å². The third-order valence-electron chi connectivity index (χ3n) is 1.99. The molecule has 0 rings (SSSR count). The Kier molecular flexibility index (Phi) is 9.63. The second-order valence-electron chi connectivity index (χ2n) is 3.59. The quantitative estimate of drug-likeness (QED) is 0.382. The summed E-state index contributed by atoms with van der Waals surface area (Å²) in [5, 5.41) is 13.7. The largest absolute Gasteiger partial charge is 0.480 e. The predicted molar refractivity (Wildman–Crippen MR) is 71.0 cm³/mol. The molecule has 0 fully saturated rings. The van der Waals surface area contributed by atoms with Gasteiger partial charge in [-0.3, -0.25) is 4.79 Å². The number of carbonyl (C=O) groups is 3. The van der Waals surface area contributed by atoms with Gasteiger partial charge in [0.15, 0.2) is 0 Å². The van der Waals surface area contributed by atoms with Gasteiger partial charge in [-0.15, -0.1) is 0 Å². The molecule has 0 aromatic heterocycles. The minimum atomic E-state index is -1.07. The molecule has 0 aromatic rings. The topological polar surface area (TPSA) is 131 Å². The van der Waals surface area contributed by atoms with Gasteiger partial charge in [-0.1, -0.05) is 0 Å². The summed E-state index contributed by atoms with van der Waals surface area (Å²) in [6.45, 7) is 0.0711. The van der Waals surface area contributed by atoms with Crippen LogP contribution in [0.4, 0.5) is 4.79 Å². The molecule has 5 N–H and O–H groups in total. The first kappa shape index (κ1) is 17.5. The third-order valence-corrected chi connectivity index (χ3v) is 2.63. The van der Waals surface area contributed by atoms with Crippen molar-refractivity contribution < 1.29 is 24.2 Å². The monoisotopic (exact) mass is 293 g/mol. The molecule has 0 aliphatic carbocycles. The fraction of sp³-hybridized carbons (Fsp3) is 0.700. The van der Waals surface area contributed by atoms with Crippen LogP contribution in [0.1, 0.15) is 6.42 Å². The van der Waals surface area contributed by atoms with Crippen molar-refractivity contribution in [3.8, 4) is 0 Å². The molecule has 0 spiro atoms. The summed E-state index contributed by atoms with van der Waals surface area (Å²) in [4.78, 5) is 32.6.